The maximum atomic E-state index is 12.1. The minimum Gasteiger partial charge on any atom is -0.352 e. The summed E-state index contributed by atoms with van der Waals surface area (Å²) in [5, 5.41) is 2.82. The van der Waals surface area contributed by atoms with Crippen molar-refractivity contribution in [3.8, 4) is 0 Å². The van der Waals surface area contributed by atoms with E-state index in [2.05, 4.69) is 21.2 Å². The molecule has 1 rings (SSSR count). The standard InChI is InChI=1S/C15H23BrN2O3S/c1-5-6-12(3)17-15(19)10-18(22(4,20)21)13-7-8-14(16)11(2)9-13/h7-9,12H,5-6,10H2,1-4H3,(H,17,19)/t12-/m1/s1. The van der Waals surface area contributed by atoms with Crippen LogP contribution in [0.15, 0.2) is 22.7 Å². The molecule has 0 aliphatic heterocycles. The van der Waals surface area contributed by atoms with Gasteiger partial charge in [-0.05, 0) is 44.0 Å². The molecule has 0 saturated carbocycles. The van der Waals surface area contributed by atoms with Crippen LogP contribution in [0.4, 0.5) is 5.69 Å². The quantitative estimate of drug-likeness (QED) is 0.777. The summed E-state index contributed by atoms with van der Waals surface area (Å²) in [6.45, 7) is 5.61. The van der Waals surface area contributed by atoms with Crippen LogP contribution in [-0.4, -0.2) is 33.2 Å². The average Bonchev–Trinajstić information content (AvgIpc) is 2.38. The number of aryl methyl sites for hydroxylation is 1. The van der Waals surface area contributed by atoms with Crippen LogP contribution >= 0.6 is 15.9 Å². The first-order chi connectivity index (χ1) is 10.1. The summed E-state index contributed by atoms with van der Waals surface area (Å²) >= 11 is 3.38. The SMILES string of the molecule is CCC[C@@H](C)NC(=O)CN(c1ccc(Br)c(C)c1)S(C)(=O)=O. The summed E-state index contributed by atoms with van der Waals surface area (Å²) in [5.41, 5.74) is 1.40. The second-order valence-electron chi connectivity index (χ2n) is 5.46. The van der Waals surface area contributed by atoms with Gasteiger partial charge in [0.2, 0.25) is 15.9 Å². The molecular weight excluding hydrogens is 368 g/mol. The number of nitrogens with zero attached hydrogens (tertiary/aromatic N) is 1. The number of rotatable bonds is 7. The fraction of sp³-hybridized carbons (Fsp3) is 0.533. The Morgan fingerprint density at radius 3 is 2.55 bits per heavy atom. The molecule has 1 aromatic carbocycles. The number of amides is 1. The molecule has 1 atom stereocenters. The summed E-state index contributed by atoms with van der Waals surface area (Å²) in [6, 6.07) is 5.24. The van der Waals surface area contributed by atoms with Gasteiger partial charge >= 0.3 is 0 Å². The van der Waals surface area contributed by atoms with Gasteiger partial charge in [0.05, 0.1) is 11.9 Å². The maximum Gasteiger partial charge on any atom is 0.240 e. The summed E-state index contributed by atoms with van der Waals surface area (Å²) in [4.78, 5) is 12.1. The van der Waals surface area contributed by atoms with Gasteiger partial charge in [0, 0.05) is 10.5 Å². The summed E-state index contributed by atoms with van der Waals surface area (Å²) in [7, 11) is -3.53. The molecule has 5 nitrogen and oxygen atoms in total. The number of hydrogen-bond acceptors (Lipinski definition) is 3. The van der Waals surface area contributed by atoms with Crippen LogP contribution in [0.2, 0.25) is 0 Å². The molecule has 0 bridgehead atoms. The third-order valence-electron chi connectivity index (χ3n) is 3.25. The largest absolute Gasteiger partial charge is 0.352 e. The monoisotopic (exact) mass is 390 g/mol. The van der Waals surface area contributed by atoms with Gasteiger partial charge in [0.25, 0.3) is 0 Å². The van der Waals surface area contributed by atoms with Crippen molar-refractivity contribution in [3.05, 3.63) is 28.2 Å². The highest BCUT2D eigenvalue weighted by Gasteiger charge is 2.21. The molecule has 0 aliphatic rings. The first kappa shape index (κ1) is 19.0. The van der Waals surface area contributed by atoms with Gasteiger partial charge in [-0.2, -0.15) is 0 Å². The highest BCUT2D eigenvalue weighted by atomic mass is 79.9. The normalized spacial score (nSPS) is 12.8. The van der Waals surface area contributed by atoms with Gasteiger partial charge in [-0.3, -0.25) is 9.10 Å². The van der Waals surface area contributed by atoms with E-state index < -0.39 is 10.0 Å². The number of carbonyl (C=O) groups is 1. The van der Waals surface area contributed by atoms with Crippen molar-refractivity contribution in [3.63, 3.8) is 0 Å². The van der Waals surface area contributed by atoms with Crippen LogP contribution in [0, 0.1) is 6.92 Å². The van der Waals surface area contributed by atoms with Crippen molar-refractivity contribution in [2.75, 3.05) is 17.1 Å². The molecule has 0 aliphatic carbocycles. The lowest BCUT2D eigenvalue weighted by Crippen LogP contribution is -2.43. The second kappa shape index (κ2) is 7.97. The van der Waals surface area contributed by atoms with E-state index >= 15 is 0 Å². The van der Waals surface area contributed by atoms with Crippen LogP contribution in [0.5, 0.6) is 0 Å². The van der Waals surface area contributed by atoms with Crippen molar-refractivity contribution >= 4 is 37.5 Å². The van der Waals surface area contributed by atoms with Crippen LogP contribution in [0.25, 0.3) is 0 Å². The first-order valence-corrected chi connectivity index (χ1v) is 9.82. The van der Waals surface area contributed by atoms with E-state index in [1.165, 1.54) is 0 Å². The molecule has 0 heterocycles. The summed E-state index contributed by atoms with van der Waals surface area (Å²) < 4.78 is 26.0. The highest BCUT2D eigenvalue weighted by molar-refractivity contribution is 9.10. The third-order valence-corrected chi connectivity index (χ3v) is 5.28. The molecule has 22 heavy (non-hydrogen) atoms. The second-order valence-corrected chi connectivity index (χ2v) is 8.22. The topological polar surface area (TPSA) is 66.5 Å². The molecule has 0 radical (unpaired) electrons. The van der Waals surface area contributed by atoms with Gasteiger partial charge < -0.3 is 5.32 Å². The number of anilines is 1. The van der Waals surface area contributed by atoms with E-state index in [1.54, 1.807) is 18.2 Å². The molecule has 0 fully saturated rings. The number of benzene rings is 1. The van der Waals surface area contributed by atoms with Crippen molar-refractivity contribution in [2.45, 2.75) is 39.7 Å². The molecule has 1 aromatic rings. The Morgan fingerprint density at radius 1 is 1.41 bits per heavy atom. The van der Waals surface area contributed by atoms with Crippen molar-refractivity contribution < 1.29 is 13.2 Å². The Hall–Kier alpha value is -1.08. The maximum absolute atomic E-state index is 12.1. The first-order valence-electron chi connectivity index (χ1n) is 7.18. The van der Waals surface area contributed by atoms with Crippen molar-refractivity contribution in [1.82, 2.24) is 5.32 Å². The van der Waals surface area contributed by atoms with E-state index in [9.17, 15) is 13.2 Å². The molecule has 0 saturated heterocycles. The van der Waals surface area contributed by atoms with Crippen LogP contribution < -0.4 is 9.62 Å². The number of hydrogen-bond donors (Lipinski definition) is 1. The number of nitrogens with one attached hydrogen (secondary N) is 1. The Balaban J connectivity index is 2.95. The van der Waals surface area contributed by atoms with Crippen molar-refractivity contribution in [1.29, 1.82) is 0 Å². The predicted octanol–water partition coefficient (Wildman–Crippen LogP) is 2.83. The number of sulfonamides is 1. The van der Waals surface area contributed by atoms with E-state index in [-0.39, 0.29) is 18.5 Å². The highest BCUT2D eigenvalue weighted by Crippen LogP contribution is 2.24. The molecule has 7 heteroatoms. The molecule has 0 aromatic heterocycles. The molecule has 0 spiro atoms. The Labute approximate surface area is 141 Å². The lowest BCUT2D eigenvalue weighted by molar-refractivity contribution is -0.120. The third kappa shape index (κ3) is 5.61. The van der Waals surface area contributed by atoms with E-state index in [0.29, 0.717) is 5.69 Å². The number of carbonyl (C=O) groups excluding carboxylic acids is 1. The van der Waals surface area contributed by atoms with Gasteiger partial charge in [0.15, 0.2) is 0 Å². The summed E-state index contributed by atoms with van der Waals surface area (Å²) in [5.74, 6) is -0.299. The van der Waals surface area contributed by atoms with E-state index in [0.717, 1.165) is 33.4 Å². The lowest BCUT2D eigenvalue weighted by atomic mass is 10.2. The fourth-order valence-corrected chi connectivity index (χ4v) is 3.23. The van der Waals surface area contributed by atoms with Gasteiger partial charge in [0.1, 0.15) is 6.54 Å². The van der Waals surface area contributed by atoms with Gasteiger partial charge in [-0.25, -0.2) is 8.42 Å². The minimum atomic E-state index is -3.53. The van der Waals surface area contributed by atoms with Crippen LogP contribution in [-0.2, 0) is 14.8 Å². The Kier molecular flexibility index (Phi) is 6.87. The smallest absolute Gasteiger partial charge is 0.240 e. The lowest BCUT2D eigenvalue weighted by Gasteiger charge is -2.23. The Morgan fingerprint density at radius 2 is 2.05 bits per heavy atom. The van der Waals surface area contributed by atoms with Crippen LogP contribution in [0.3, 0.4) is 0 Å². The zero-order valence-electron chi connectivity index (χ0n) is 13.4. The van der Waals surface area contributed by atoms with Crippen molar-refractivity contribution in [2.24, 2.45) is 0 Å². The minimum absolute atomic E-state index is 0.0329. The van der Waals surface area contributed by atoms with E-state index in [1.807, 2.05) is 20.8 Å². The van der Waals surface area contributed by atoms with Gasteiger partial charge in [-0.15, -0.1) is 0 Å². The molecule has 1 amide bonds. The fourth-order valence-electron chi connectivity index (χ4n) is 2.14. The molecule has 0 unspecified atom stereocenters. The van der Waals surface area contributed by atoms with E-state index in [4.69, 9.17) is 0 Å². The summed E-state index contributed by atoms with van der Waals surface area (Å²) in [6.07, 6.45) is 2.93. The molecular formula is C15H23BrN2O3S. The number of halogens is 1. The average molecular weight is 391 g/mol. The van der Waals surface area contributed by atoms with Gasteiger partial charge in [-0.1, -0.05) is 29.3 Å². The predicted molar refractivity (Wildman–Crippen MR) is 93.6 cm³/mol. The molecule has 1 N–H and O–H groups in total. The zero-order valence-corrected chi connectivity index (χ0v) is 15.8. The molecule has 124 valence electrons. The zero-order chi connectivity index (χ0) is 16.9. The Bertz CT molecular complexity index is 632. The van der Waals surface area contributed by atoms with Crippen LogP contribution in [0.1, 0.15) is 32.3 Å².